The molecule has 2 rings (SSSR count). The molecule has 102 valence electrons. The second-order valence-corrected chi connectivity index (χ2v) is 4.25. The highest BCUT2D eigenvalue weighted by Crippen LogP contribution is 2.27. The van der Waals surface area contributed by atoms with E-state index in [0.717, 1.165) is 0 Å². The standard InChI is InChI=1S/C13H12BNO5/c1-9-2-5-12(8-13(9)15(18)19)20-11-6-3-10(4-7-11)14(16)17/h2-8,16-17H,1H3. The van der Waals surface area contributed by atoms with E-state index in [2.05, 4.69) is 0 Å². The quantitative estimate of drug-likeness (QED) is 0.498. The second kappa shape index (κ2) is 5.73. The molecular formula is C13H12BNO5. The number of ether oxygens (including phenoxy) is 1. The fraction of sp³-hybridized carbons (Fsp3) is 0.0769. The third-order valence-electron chi connectivity index (χ3n) is 2.79. The first-order valence-electron chi connectivity index (χ1n) is 5.86. The number of aryl methyl sites for hydroxylation is 1. The largest absolute Gasteiger partial charge is 0.488 e. The van der Waals surface area contributed by atoms with Crippen molar-refractivity contribution in [2.45, 2.75) is 6.92 Å². The van der Waals surface area contributed by atoms with E-state index < -0.39 is 12.0 Å². The zero-order valence-corrected chi connectivity index (χ0v) is 10.7. The predicted octanol–water partition coefficient (Wildman–Crippen LogP) is 1.38. The molecule has 0 bridgehead atoms. The van der Waals surface area contributed by atoms with E-state index in [4.69, 9.17) is 14.8 Å². The Kier molecular flexibility index (Phi) is 4.02. The van der Waals surface area contributed by atoms with Crippen LogP contribution >= 0.6 is 0 Å². The molecule has 0 aliphatic heterocycles. The highest BCUT2D eigenvalue weighted by molar-refractivity contribution is 6.58. The van der Waals surface area contributed by atoms with Gasteiger partial charge in [-0.1, -0.05) is 12.1 Å². The Morgan fingerprint density at radius 3 is 2.25 bits per heavy atom. The topological polar surface area (TPSA) is 92.8 Å². The third kappa shape index (κ3) is 3.14. The molecule has 0 spiro atoms. The van der Waals surface area contributed by atoms with E-state index in [0.29, 0.717) is 22.5 Å². The van der Waals surface area contributed by atoms with Gasteiger partial charge in [-0.25, -0.2) is 0 Å². The first-order chi connectivity index (χ1) is 9.47. The molecular weight excluding hydrogens is 261 g/mol. The lowest BCUT2D eigenvalue weighted by Crippen LogP contribution is -2.29. The molecule has 7 heteroatoms. The lowest BCUT2D eigenvalue weighted by Gasteiger charge is -2.07. The number of nitro benzene ring substituents is 1. The molecule has 6 nitrogen and oxygen atoms in total. The van der Waals surface area contributed by atoms with Crippen molar-refractivity contribution in [2.24, 2.45) is 0 Å². The highest BCUT2D eigenvalue weighted by Gasteiger charge is 2.13. The summed E-state index contributed by atoms with van der Waals surface area (Å²) in [5, 5.41) is 28.8. The van der Waals surface area contributed by atoms with E-state index >= 15 is 0 Å². The van der Waals surface area contributed by atoms with Gasteiger partial charge in [0.05, 0.1) is 11.0 Å². The van der Waals surface area contributed by atoms with Gasteiger partial charge < -0.3 is 14.8 Å². The van der Waals surface area contributed by atoms with Gasteiger partial charge in [-0.3, -0.25) is 10.1 Å². The molecule has 0 amide bonds. The van der Waals surface area contributed by atoms with Gasteiger partial charge in [0.2, 0.25) is 0 Å². The fourth-order valence-electron chi connectivity index (χ4n) is 1.69. The van der Waals surface area contributed by atoms with Crippen molar-refractivity contribution in [3.05, 3.63) is 58.1 Å². The van der Waals surface area contributed by atoms with Crippen molar-refractivity contribution in [1.82, 2.24) is 0 Å². The van der Waals surface area contributed by atoms with Crippen molar-refractivity contribution >= 4 is 18.3 Å². The normalized spacial score (nSPS) is 10.2. The lowest BCUT2D eigenvalue weighted by atomic mass is 9.80. The van der Waals surface area contributed by atoms with Crippen LogP contribution in [0, 0.1) is 17.0 Å². The summed E-state index contributed by atoms with van der Waals surface area (Å²) in [6.45, 7) is 1.65. The molecule has 0 radical (unpaired) electrons. The summed E-state index contributed by atoms with van der Waals surface area (Å²) in [5.74, 6) is 0.798. The maximum Gasteiger partial charge on any atom is 0.488 e. The molecule has 0 atom stereocenters. The number of benzene rings is 2. The molecule has 0 aromatic heterocycles. The van der Waals surface area contributed by atoms with Gasteiger partial charge in [-0.15, -0.1) is 0 Å². The van der Waals surface area contributed by atoms with E-state index in [1.807, 2.05) is 0 Å². The lowest BCUT2D eigenvalue weighted by molar-refractivity contribution is -0.385. The highest BCUT2D eigenvalue weighted by atomic mass is 16.6. The van der Waals surface area contributed by atoms with Crippen LogP contribution in [0.25, 0.3) is 0 Å². The monoisotopic (exact) mass is 273 g/mol. The molecule has 0 unspecified atom stereocenters. The number of hydrogen-bond acceptors (Lipinski definition) is 5. The zero-order chi connectivity index (χ0) is 14.7. The van der Waals surface area contributed by atoms with Crippen LogP contribution in [-0.4, -0.2) is 22.1 Å². The smallest absolute Gasteiger partial charge is 0.457 e. The zero-order valence-electron chi connectivity index (χ0n) is 10.7. The van der Waals surface area contributed by atoms with E-state index in [1.165, 1.54) is 18.2 Å². The first kappa shape index (κ1) is 14.0. The molecule has 0 saturated carbocycles. The van der Waals surface area contributed by atoms with Crippen LogP contribution in [0.5, 0.6) is 11.5 Å². The molecule has 0 aliphatic rings. The summed E-state index contributed by atoms with van der Waals surface area (Å²) in [4.78, 5) is 10.4. The Labute approximate surface area is 115 Å². The van der Waals surface area contributed by atoms with Crippen molar-refractivity contribution in [1.29, 1.82) is 0 Å². The van der Waals surface area contributed by atoms with Crippen LogP contribution < -0.4 is 10.2 Å². The second-order valence-electron chi connectivity index (χ2n) is 4.25. The Hall–Kier alpha value is -2.38. The van der Waals surface area contributed by atoms with E-state index in [9.17, 15) is 10.1 Å². The third-order valence-corrected chi connectivity index (χ3v) is 2.79. The van der Waals surface area contributed by atoms with E-state index in [-0.39, 0.29) is 5.69 Å². The molecule has 0 fully saturated rings. The maximum absolute atomic E-state index is 10.8. The van der Waals surface area contributed by atoms with Crippen LogP contribution in [0.3, 0.4) is 0 Å². The average Bonchev–Trinajstić information content (AvgIpc) is 2.41. The van der Waals surface area contributed by atoms with Crippen LogP contribution in [0.4, 0.5) is 5.69 Å². The SMILES string of the molecule is Cc1ccc(Oc2ccc(B(O)O)cc2)cc1[N+](=O)[O-]. The van der Waals surface area contributed by atoms with Gasteiger partial charge in [-0.05, 0) is 36.7 Å². The minimum absolute atomic E-state index is 0.00935. The minimum atomic E-state index is -1.54. The molecule has 2 N–H and O–H groups in total. The maximum atomic E-state index is 10.8. The number of nitrogens with zero attached hydrogens (tertiary/aromatic N) is 1. The summed E-state index contributed by atoms with van der Waals surface area (Å²) >= 11 is 0. The summed E-state index contributed by atoms with van der Waals surface area (Å²) in [7, 11) is -1.54. The summed E-state index contributed by atoms with van der Waals surface area (Å²) in [6, 6.07) is 10.7. The van der Waals surface area contributed by atoms with Gasteiger partial charge in [0.15, 0.2) is 0 Å². The molecule has 0 aliphatic carbocycles. The molecule has 0 heterocycles. The predicted molar refractivity (Wildman–Crippen MR) is 74.2 cm³/mol. The average molecular weight is 273 g/mol. The van der Waals surface area contributed by atoms with Crippen LogP contribution in [0.15, 0.2) is 42.5 Å². The van der Waals surface area contributed by atoms with Crippen LogP contribution in [0.2, 0.25) is 0 Å². The van der Waals surface area contributed by atoms with Crippen LogP contribution in [0.1, 0.15) is 5.56 Å². The molecule has 0 saturated heterocycles. The molecule has 2 aromatic rings. The number of rotatable bonds is 4. The van der Waals surface area contributed by atoms with Gasteiger partial charge in [0.1, 0.15) is 11.5 Å². The fourth-order valence-corrected chi connectivity index (χ4v) is 1.69. The number of nitro groups is 1. The summed E-state index contributed by atoms with van der Waals surface area (Å²) < 4.78 is 5.49. The van der Waals surface area contributed by atoms with Crippen molar-refractivity contribution in [3.8, 4) is 11.5 Å². The van der Waals surface area contributed by atoms with Crippen LogP contribution in [-0.2, 0) is 0 Å². The molecule has 20 heavy (non-hydrogen) atoms. The minimum Gasteiger partial charge on any atom is -0.457 e. The van der Waals surface area contributed by atoms with Gasteiger partial charge >= 0.3 is 7.12 Å². The van der Waals surface area contributed by atoms with E-state index in [1.54, 1.807) is 31.2 Å². The Morgan fingerprint density at radius 2 is 1.70 bits per heavy atom. The summed E-state index contributed by atoms with van der Waals surface area (Å²) in [5.41, 5.74) is 0.887. The molecule has 2 aromatic carbocycles. The Balaban J connectivity index is 2.21. The first-order valence-corrected chi connectivity index (χ1v) is 5.86. The van der Waals surface area contributed by atoms with Gasteiger partial charge in [-0.2, -0.15) is 0 Å². The van der Waals surface area contributed by atoms with Crippen molar-refractivity contribution in [2.75, 3.05) is 0 Å². The Morgan fingerprint density at radius 1 is 1.10 bits per heavy atom. The van der Waals surface area contributed by atoms with Gasteiger partial charge in [0.25, 0.3) is 5.69 Å². The summed E-state index contributed by atoms with van der Waals surface area (Å²) in [6.07, 6.45) is 0. The van der Waals surface area contributed by atoms with Crippen molar-refractivity contribution in [3.63, 3.8) is 0 Å². The Bertz CT molecular complexity index is 627. The van der Waals surface area contributed by atoms with Gasteiger partial charge in [0, 0.05) is 5.56 Å². The van der Waals surface area contributed by atoms with Crippen molar-refractivity contribution < 1.29 is 19.7 Å². The number of hydrogen-bond donors (Lipinski definition) is 2.